The average molecular weight is 461 g/mol. The van der Waals surface area contributed by atoms with Crippen LogP contribution in [-0.2, 0) is 6.54 Å². The molecule has 0 spiro atoms. The topological polar surface area (TPSA) is 76.6 Å². The quantitative estimate of drug-likeness (QED) is 0.535. The zero-order valence-electron chi connectivity index (χ0n) is 20.1. The fraction of sp³-hybridized carbons (Fsp3) is 0.370. The number of anilines is 1. The lowest BCUT2D eigenvalue weighted by atomic mass is 10.1. The predicted octanol–water partition coefficient (Wildman–Crippen LogP) is 4.47. The van der Waals surface area contributed by atoms with Gasteiger partial charge in [-0.05, 0) is 56.9 Å². The van der Waals surface area contributed by atoms with Crippen LogP contribution in [0.15, 0.2) is 54.9 Å². The highest BCUT2D eigenvalue weighted by Gasteiger charge is 2.24. The molecule has 1 N–H and O–H groups in total. The van der Waals surface area contributed by atoms with E-state index < -0.39 is 0 Å². The summed E-state index contributed by atoms with van der Waals surface area (Å²) in [6.07, 6.45) is 5.13. The van der Waals surface area contributed by atoms with E-state index in [1.165, 1.54) is 5.56 Å². The van der Waals surface area contributed by atoms with Gasteiger partial charge in [0.25, 0.3) is 5.91 Å². The first-order valence-electron chi connectivity index (χ1n) is 11.8. The molecular formula is C27H32N4O3. The number of carbonyl (C=O) groups excluding carboxylic acids is 1. The molecule has 178 valence electrons. The number of amides is 1. The normalized spacial score (nSPS) is 15.6. The van der Waals surface area contributed by atoms with Gasteiger partial charge in [0.05, 0.1) is 18.7 Å². The Labute approximate surface area is 201 Å². The third-order valence-electron chi connectivity index (χ3n) is 5.94. The third-order valence-corrected chi connectivity index (χ3v) is 5.94. The monoisotopic (exact) mass is 460 g/mol. The molecule has 0 aliphatic carbocycles. The maximum absolute atomic E-state index is 12.6. The van der Waals surface area contributed by atoms with Crippen LogP contribution in [-0.4, -0.2) is 41.7 Å². The fourth-order valence-corrected chi connectivity index (χ4v) is 4.14. The van der Waals surface area contributed by atoms with Crippen LogP contribution in [0.3, 0.4) is 0 Å². The number of hydrogen-bond donors (Lipinski definition) is 1. The first-order chi connectivity index (χ1) is 16.5. The summed E-state index contributed by atoms with van der Waals surface area (Å²) in [6, 6.07) is 14.0. The number of para-hydroxylation sites is 2. The Kier molecular flexibility index (Phi) is 7.62. The number of ether oxygens (including phenoxy) is 2. The smallest absolute Gasteiger partial charge is 0.254 e. The highest BCUT2D eigenvalue weighted by Crippen LogP contribution is 2.29. The number of nitrogens with zero attached hydrogens (tertiary/aromatic N) is 3. The second-order valence-electron chi connectivity index (χ2n) is 8.59. The molecule has 2 aromatic carbocycles. The Hall–Kier alpha value is -3.61. The lowest BCUT2D eigenvalue weighted by Gasteiger charge is -2.33. The van der Waals surface area contributed by atoms with Gasteiger partial charge in [-0.15, -0.1) is 0 Å². The summed E-state index contributed by atoms with van der Waals surface area (Å²) in [4.78, 5) is 23.6. The zero-order chi connectivity index (χ0) is 23.9. The van der Waals surface area contributed by atoms with E-state index in [-0.39, 0.29) is 12.0 Å². The molecule has 34 heavy (non-hydrogen) atoms. The lowest BCUT2D eigenvalue weighted by Crippen LogP contribution is -2.42. The standard InChI is InChI=1S/C27H32N4O3/c1-4-33-24-9-5-6-10-25(24)34-23-8-7-13-31(18-23)27-29-16-22(17-30-27)26(32)28-15-21-12-11-19(2)14-20(21)3/h5-6,9-12,14,16-17,23H,4,7-8,13,15,18H2,1-3H3,(H,28,32)/t23-/m1/s1. The SMILES string of the molecule is CCOc1ccccc1O[C@@H]1CCCN(c2ncc(C(=O)NCc3ccc(C)cc3C)cn2)C1. The Morgan fingerprint density at radius 3 is 2.62 bits per heavy atom. The van der Waals surface area contributed by atoms with E-state index in [1.807, 2.05) is 37.3 Å². The molecule has 0 bridgehead atoms. The van der Waals surface area contributed by atoms with Crippen molar-refractivity contribution < 1.29 is 14.3 Å². The molecule has 0 unspecified atom stereocenters. The summed E-state index contributed by atoms with van der Waals surface area (Å²) in [6.45, 7) is 8.67. The van der Waals surface area contributed by atoms with Crippen LogP contribution in [0.1, 0.15) is 46.8 Å². The summed E-state index contributed by atoms with van der Waals surface area (Å²) in [5.74, 6) is 1.94. The minimum atomic E-state index is -0.182. The minimum absolute atomic E-state index is 0.0136. The molecule has 1 amide bonds. The predicted molar refractivity (Wildman–Crippen MR) is 133 cm³/mol. The number of aryl methyl sites for hydroxylation is 2. The van der Waals surface area contributed by atoms with Crippen LogP contribution in [0.5, 0.6) is 11.5 Å². The molecular weight excluding hydrogens is 428 g/mol. The molecule has 1 aromatic heterocycles. The van der Waals surface area contributed by atoms with Crippen molar-refractivity contribution in [1.29, 1.82) is 0 Å². The second-order valence-corrected chi connectivity index (χ2v) is 8.59. The van der Waals surface area contributed by atoms with Crippen LogP contribution in [0.25, 0.3) is 0 Å². The Morgan fingerprint density at radius 2 is 1.88 bits per heavy atom. The second kappa shape index (κ2) is 11.0. The summed E-state index contributed by atoms with van der Waals surface area (Å²) in [7, 11) is 0. The van der Waals surface area contributed by atoms with Crippen molar-refractivity contribution >= 4 is 11.9 Å². The molecule has 0 saturated carbocycles. The van der Waals surface area contributed by atoms with Crippen molar-refractivity contribution in [3.63, 3.8) is 0 Å². The number of rotatable bonds is 8. The first-order valence-corrected chi connectivity index (χ1v) is 11.8. The van der Waals surface area contributed by atoms with Crippen LogP contribution >= 0.6 is 0 Å². The van der Waals surface area contributed by atoms with Gasteiger partial charge in [-0.3, -0.25) is 4.79 Å². The first kappa shape index (κ1) is 23.5. The van der Waals surface area contributed by atoms with Crippen molar-refractivity contribution in [2.45, 2.75) is 46.3 Å². The van der Waals surface area contributed by atoms with Crippen molar-refractivity contribution in [3.05, 3.63) is 77.1 Å². The van der Waals surface area contributed by atoms with E-state index in [9.17, 15) is 4.79 Å². The average Bonchev–Trinajstić information content (AvgIpc) is 2.85. The van der Waals surface area contributed by atoms with Gasteiger partial charge in [0.2, 0.25) is 5.95 Å². The van der Waals surface area contributed by atoms with E-state index in [4.69, 9.17) is 9.47 Å². The maximum Gasteiger partial charge on any atom is 0.254 e. The summed E-state index contributed by atoms with van der Waals surface area (Å²) in [5, 5.41) is 2.96. The maximum atomic E-state index is 12.6. The zero-order valence-corrected chi connectivity index (χ0v) is 20.1. The molecule has 1 saturated heterocycles. The highest BCUT2D eigenvalue weighted by molar-refractivity contribution is 5.93. The molecule has 1 aliphatic heterocycles. The van der Waals surface area contributed by atoms with Gasteiger partial charge in [0.1, 0.15) is 6.10 Å². The lowest BCUT2D eigenvalue weighted by molar-refractivity contribution is 0.0950. The summed E-state index contributed by atoms with van der Waals surface area (Å²) < 4.78 is 11.9. The van der Waals surface area contributed by atoms with Gasteiger partial charge in [0, 0.05) is 25.5 Å². The number of hydrogen-bond acceptors (Lipinski definition) is 6. The van der Waals surface area contributed by atoms with E-state index in [1.54, 1.807) is 12.4 Å². The molecule has 4 rings (SSSR count). The number of carbonyl (C=O) groups is 1. The largest absolute Gasteiger partial charge is 0.490 e. The van der Waals surface area contributed by atoms with Crippen LogP contribution < -0.4 is 19.7 Å². The van der Waals surface area contributed by atoms with Crippen molar-refractivity contribution in [1.82, 2.24) is 15.3 Å². The number of piperidine rings is 1. The summed E-state index contributed by atoms with van der Waals surface area (Å²) in [5.41, 5.74) is 3.92. The Morgan fingerprint density at radius 1 is 1.12 bits per heavy atom. The molecule has 1 aliphatic rings. The van der Waals surface area contributed by atoms with E-state index >= 15 is 0 Å². The van der Waals surface area contributed by atoms with Gasteiger partial charge in [-0.1, -0.05) is 35.9 Å². The van der Waals surface area contributed by atoms with Gasteiger partial charge in [-0.2, -0.15) is 0 Å². The van der Waals surface area contributed by atoms with Crippen molar-refractivity contribution in [2.75, 3.05) is 24.6 Å². The molecule has 0 radical (unpaired) electrons. The van der Waals surface area contributed by atoms with Gasteiger partial charge in [-0.25, -0.2) is 9.97 Å². The number of nitrogens with one attached hydrogen (secondary N) is 1. The molecule has 2 heterocycles. The fourth-order valence-electron chi connectivity index (χ4n) is 4.14. The van der Waals surface area contributed by atoms with Crippen LogP contribution in [0.4, 0.5) is 5.95 Å². The van der Waals surface area contributed by atoms with Gasteiger partial charge < -0.3 is 19.7 Å². The van der Waals surface area contributed by atoms with Crippen molar-refractivity contribution in [2.24, 2.45) is 0 Å². The van der Waals surface area contributed by atoms with E-state index in [2.05, 4.69) is 46.2 Å². The summed E-state index contributed by atoms with van der Waals surface area (Å²) >= 11 is 0. The highest BCUT2D eigenvalue weighted by atomic mass is 16.5. The molecule has 1 fully saturated rings. The Balaban J connectivity index is 1.35. The molecule has 3 aromatic rings. The van der Waals surface area contributed by atoms with Gasteiger partial charge in [0.15, 0.2) is 11.5 Å². The third kappa shape index (κ3) is 5.84. The van der Waals surface area contributed by atoms with Crippen LogP contribution in [0, 0.1) is 13.8 Å². The number of aromatic nitrogens is 2. The molecule has 1 atom stereocenters. The van der Waals surface area contributed by atoms with Crippen molar-refractivity contribution in [3.8, 4) is 11.5 Å². The van der Waals surface area contributed by atoms with E-state index in [0.29, 0.717) is 31.2 Å². The van der Waals surface area contributed by atoms with E-state index in [0.717, 1.165) is 42.0 Å². The number of benzene rings is 2. The minimum Gasteiger partial charge on any atom is -0.490 e. The van der Waals surface area contributed by atoms with Crippen LogP contribution in [0.2, 0.25) is 0 Å². The van der Waals surface area contributed by atoms with Gasteiger partial charge >= 0.3 is 0 Å². The molecule has 7 heteroatoms. The Bertz CT molecular complexity index is 1120. The molecule has 7 nitrogen and oxygen atoms in total.